The lowest BCUT2D eigenvalue weighted by Crippen LogP contribution is -2.35. The predicted molar refractivity (Wildman–Crippen MR) is 95.8 cm³/mol. The maximum absolute atomic E-state index is 11.8. The average molecular weight is 359 g/mol. The first-order chi connectivity index (χ1) is 12.5. The van der Waals surface area contributed by atoms with Gasteiger partial charge in [-0.15, -0.1) is 0 Å². The Balaban J connectivity index is 1.86. The number of rotatable bonds is 5. The number of carbonyl (C=O) groups excluding carboxylic acids is 1. The van der Waals surface area contributed by atoms with Crippen molar-refractivity contribution in [3.8, 4) is 0 Å². The summed E-state index contributed by atoms with van der Waals surface area (Å²) in [5.74, 6) is 2.15. The zero-order valence-electron chi connectivity index (χ0n) is 15.5. The molecule has 8 heteroatoms. The van der Waals surface area contributed by atoms with Gasteiger partial charge in [0.05, 0.1) is 11.4 Å². The van der Waals surface area contributed by atoms with Crippen molar-refractivity contribution in [3.63, 3.8) is 0 Å². The molecule has 0 saturated carbocycles. The van der Waals surface area contributed by atoms with E-state index < -0.39 is 6.61 Å². The first-order valence-corrected chi connectivity index (χ1v) is 8.96. The van der Waals surface area contributed by atoms with Gasteiger partial charge in [-0.25, -0.2) is 9.97 Å². The van der Waals surface area contributed by atoms with Gasteiger partial charge in [-0.05, 0) is 20.3 Å². The first-order valence-electron chi connectivity index (χ1n) is 8.96. The van der Waals surface area contributed by atoms with Crippen molar-refractivity contribution in [2.75, 3.05) is 25.0 Å². The first kappa shape index (κ1) is 18.3. The van der Waals surface area contributed by atoms with Crippen LogP contribution in [0.4, 0.5) is 5.82 Å². The molecule has 2 aromatic rings. The van der Waals surface area contributed by atoms with Crippen molar-refractivity contribution in [1.82, 2.24) is 20.0 Å². The maximum Gasteiger partial charge on any atom is 0.248 e. The van der Waals surface area contributed by atoms with Gasteiger partial charge in [0.25, 0.3) is 0 Å². The van der Waals surface area contributed by atoms with Crippen molar-refractivity contribution in [3.05, 3.63) is 34.1 Å². The molecule has 0 saturated heterocycles. The van der Waals surface area contributed by atoms with Crippen LogP contribution in [0.2, 0.25) is 0 Å². The van der Waals surface area contributed by atoms with E-state index in [0.29, 0.717) is 32.5 Å². The molecule has 0 spiro atoms. The highest BCUT2D eigenvalue weighted by atomic mass is 16.5. The summed E-state index contributed by atoms with van der Waals surface area (Å²) < 4.78 is 5.22. The lowest BCUT2D eigenvalue weighted by Gasteiger charge is -2.18. The van der Waals surface area contributed by atoms with Crippen LogP contribution in [0.25, 0.3) is 0 Å². The number of aliphatic hydroxyl groups is 1. The number of amides is 1. The molecule has 0 bridgehead atoms. The topological polar surface area (TPSA) is 104 Å². The van der Waals surface area contributed by atoms with E-state index in [2.05, 4.69) is 20.4 Å². The molecule has 1 aliphatic heterocycles. The van der Waals surface area contributed by atoms with E-state index in [9.17, 15) is 4.79 Å². The Labute approximate surface area is 152 Å². The van der Waals surface area contributed by atoms with Crippen LogP contribution in [0.3, 0.4) is 0 Å². The molecule has 2 aromatic heterocycles. The summed E-state index contributed by atoms with van der Waals surface area (Å²) in [6, 6.07) is 0. The van der Waals surface area contributed by atoms with Gasteiger partial charge < -0.3 is 19.8 Å². The number of fused-ring (bicyclic) bond motifs is 1. The van der Waals surface area contributed by atoms with Crippen LogP contribution in [0.5, 0.6) is 0 Å². The van der Waals surface area contributed by atoms with Crippen LogP contribution in [0.15, 0.2) is 4.52 Å². The SMILES string of the molecule is CCc1nc2c(c(NCc3c(C)noc3C)n1)CCN(C(=O)CO)CC2. The molecular weight excluding hydrogens is 334 g/mol. The third-order valence-electron chi connectivity index (χ3n) is 4.81. The highest BCUT2D eigenvalue weighted by Crippen LogP contribution is 2.23. The van der Waals surface area contributed by atoms with Crippen LogP contribution in [-0.4, -0.2) is 50.7 Å². The summed E-state index contributed by atoms with van der Waals surface area (Å²) >= 11 is 0. The molecular formula is C18H25N5O3. The van der Waals surface area contributed by atoms with Gasteiger partial charge >= 0.3 is 0 Å². The lowest BCUT2D eigenvalue weighted by molar-refractivity contribution is -0.134. The minimum Gasteiger partial charge on any atom is -0.387 e. The van der Waals surface area contributed by atoms with Crippen LogP contribution >= 0.6 is 0 Å². The number of hydrogen-bond donors (Lipinski definition) is 2. The summed E-state index contributed by atoms with van der Waals surface area (Å²) in [6.45, 7) is 7.08. The standard InChI is InChI=1S/C18H25N5O3/c1-4-16-20-15-6-8-23(17(25)10-24)7-5-13(15)18(21-16)19-9-14-11(2)22-26-12(14)3/h24H,4-10H2,1-3H3,(H,19,20,21). The molecule has 140 valence electrons. The molecule has 8 nitrogen and oxygen atoms in total. The lowest BCUT2D eigenvalue weighted by atomic mass is 10.1. The molecule has 0 radical (unpaired) electrons. The zero-order chi connectivity index (χ0) is 18.7. The fourth-order valence-electron chi connectivity index (χ4n) is 3.23. The van der Waals surface area contributed by atoms with E-state index in [-0.39, 0.29) is 5.91 Å². The molecule has 1 aliphatic rings. The van der Waals surface area contributed by atoms with Crippen LogP contribution in [-0.2, 0) is 30.6 Å². The molecule has 0 unspecified atom stereocenters. The molecule has 0 aromatic carbocycles. The predicted octanol–water partition coefficient (Wildman–Crippen LogP) is 1.18. The van der Waals surface area contributed by atoms with Gasteiger partial charge in [0.1, 0.15) is 24.0 Å². The number of aryl methyl sites for hydroxylation is 3. The third-order valence-corrected chi connectivity index (χ3v) is 4.81. The van der Waals surface area contributed by atoms with E-state index in [1.807, 2.05) is 20.8 Å². The van der Waals surface area contributed by atoms with Crippen LogP contribution in [0, 0.1) is 13.8 Å². The number of nitrogens with zero attached hydrogens (tertiary/aromatic N) is 4. The van der Waals surface area contributed by atoms with Crippen molar-refractivity contribution in [1.29, 1.82) is 0 Å². The second-order valence-corrected chi connectivity index (χ2v) is 6.46. The van der Waals surface area contributed by atoms with Gasteiger partial charge in [0.15, 0.2) is 0 Å². The number of nitrogens with one attached hydrogen (secondary N) is 1. The number of aliphatic hydroxyl groups excluding tert-OH is 1. The van der Waals surface area contributed by atoms with E-state index >= 15 is 0 Å². The molecule has 2 N–H and O–H groups in total. The maximum atomic E-state index is 11.8. The Morgan fingerprint density at radius 2 is 2.04 bits per heavy atom. The summed E-state index contributed by atoms with van der Waals surface area (Å²) in [4.78, 5) is 22.9. The molecule has 1 amide bonds. The van der Waals surface area contributed by atoms with Gasteiger partial charge in [0.2, 0.25) is 5.91 Å². The highest BCUT2D eigenvalue weighted by Gasteiger charge is 2.22. The van der Waals surface area contributed by atoms with Crippen molar-refractivity contribution >= 4 is 11.7 Å². The number of aromatic nitrogens is 3. The van der Waals surface area contributed by atoms with Crippen molar-refractivity contribution < 1.29 is 14.4 Å². The van der Waals surface area contributed by atoms with E-state index in [4.69, 9.17) is 9.63 Å². The minimum absolute atomic E-state index is 0.244. The van der Waals surface area contributed by atoms with Gasteiger partial charge in [0, 0.05) is 43.6 Å². The fourth-order valence-corrected chi connectivity index (χ4v) is 3.23. The number of anilines is 1. The fraction of sp³-hybridized carbons (Fsp3) is 0.556. The average Bonchev–Trinajstić information content (AvgIpc) is 2.85. The van der Waals surface area contributed by atoms with Crippen molar-refractivity contribution in [2.45, 2.75) is 46.6 Å². The quantitative estimate of drug-likeness (QED) is 0.826. The largest absolute Gasteiger partial charge is 0.387 e. The monoisotopic (exact) mass is 359 g/mol. The molecule has 0 atom stereocenters. The third kappa shape index (κ3) is 3.70. The van der Waals surface area contributed by atoms with Crippen molar-refractivity contribution in [2.24, 2.45) is 0 Å². The molecule has 0 aliphatic carbocycles. The Morgan fingerprint density at radius 1 is 1.27 bits per heavy atom. The molecule has 3 rings (SSSR count). The second kappa shape index (κ2) is 7.82. The number of carbonyl (C=O) groups is 1. The van der Waals surface area contributed by atoms with E-state index in [1.54, 1.807) is 4.90 Å². The van der Waals surface area contributed by atoms with E-state index in [0.717, 1.165) is 46.3 Å². The smallest absolute Gasteiger partial charge is 0.248 e. The number of hydrogen-bond acceptors (Lipinski definition) is 7. The minimum atomic E-state index is -0.459. The van der Waals surface area contributed by atoms with Gasteiger partial charge in [-0.3, -0.25) is 4.79 Å². The summed E-state index contributed by atoms with van der Waals surface area (Å²) in [7, 11) is 0. The Morgan fingerprint density at radius 3 is 2.69 bits per heavy atom. The zero-order valence-corrected chi connectivity index (χ0v) is 15.5. The van der Waals surface area contributed by atoms with Gasteiger partial charge in [-0.2, -0.15) is 0 Å². The van der Waals surface area contributed by atoms with Gasteiger partial charge in [-0.1, -0.05) is 12.1 Å². The highest BCUT2D eigenvalue weighted by molar-refractivity contribution is 5.77. The summed E-state index contributed by atoms with van der Waals surface area (Å²) in [5.41, 5.74) is 3.92. The second-order valence-electron chi connectivity index (χ2n) is 6.46. The molecule has 0 fully saturated rings. The van der Waals surface area contributed by atoms with Crippen LogP contribution in [0.1, 0.15) is 41.0 Å². The Kier molecular flexibility index (Phi) is 5.51. The van der Waals surface area contributed by atoms with Crippen LogP contribution < -0.4 is 5.32 Å². The summed E-state index contributed by atoms with van der Waals surface area (Å²) in [6.07, 6.45) is 2.07. The Hall–Kier alpha value is -2.48. The normalized spacial score (nSPS) is 14.1. The van der Waals surface area contributed by atoms with E-state index in [1.165, 1.54) is 0 Å². The summed E-state index contributed by atoms with van der Waals surface area (Å²) in [5, 5.41) is 16.5. The molecule has 3 heterocycles. The molecule has 26 heavy (non-hydrogen) atoms. The Bertz CT molecular complexity index is 783.